The van der Waals surface area contributed by atoms with Crippen LogP contribution < -0.4 is 0 Å². The largest absolute Gasteiger partial charge is 0.135 e. The lowest BCUT2D eigenvalue weighted by Crippen LogP contribution is -2.18. The van der Waals surface area contributed by atoms with Gasteiger partial charge in [-0.25, -0.2) is 0 Å². The maximum atomic E-state index is 2.90. The summed E-state index contributed by atoms with van der Waals surface area (Å²) in [5, 5.41) is 0. The second-order valence-electron chi connectivity index (χ2n) is 4.99. The van der Waals surface area contributed by atoms with Crippen molar-refractivity contribution in [3.8, 4) is 0 Å². The Morgan fingerprint density at radius 2 is 1.73 bits per heavy atom. The SMILES string of the molecule is CC=CC(C)C(CC)C(C)CCC(C)P. The molecule has 0 aromatic carbocycles. The van der Waals surface area contributed by atoms with Gasteiger partial charge in [0.1, 0.15) is 0 Å². The zero-order valence-electron chi connectivity index (χ0n) is 11.2. The summed E-state index contributed by atoms with van der Waals surface area (Å²) in [5.74, 6) is 2.43. The summed E-state index contributed by atoms with van der Waals surface area (Å²) in [6.45, 7) is 11.5. The van der Waals surface area contributed by atoms with Crippen LogP contribution in [0.15, 0.2) is 12.2 Å². The van der Waals surface area contributed by atoms with Crippen molar-refractivity contribution in [1.82, 2.24) is 0 Å². The van der Waals surface area contributed by atoms with Gasteiger partial charge >= 0.3 is 0 Å². The maximum absolute atomic E-state index is 2.90. The normalized spacial score (nSPS) is 20.1. The number of rotatable bonds is 7. The monoisotopic (exact) mass is 228 g/mol. The Balaban J connectivity index is 4.14. The van der Waals surface area contributed by atoms with Crippen LogP contribution in [0, 0.1) is 17.8 Å². The molecule has 0 aliphatic rings. The van der Waals surface area contributed by atoms with Gasteiger partial charge in [0.25, 0.3) is 0 Å². The van der Waals surface area contributed by atoms with Crippen LogP contribution in [0.2, 0.25) is 0 Å². The smallest absolute Gasteiger partial charge is 0.0231 e. The molecule has 0 nitrogen and oxygen atoms in total. The number of hydrogen-bond donors (Lipinski definition) is 0. The van der Waals surface area contributed by atoms with E-state index >= 15 is 0 Å². The van der Waals surface area contributed by atoms with E-state index < -0.39 is 0 Å². The second-order valence-corrected chi connectivity index (χ2v) is 6.13. The summed E-state index contributed by atoms with van der Waals surface area (Å²) >= 11 is 0. The Labute approximate surface area is 99.1 Å². The molecule has 0 saturated carbocycles. The molecule has 0 aliphatic carbocycles. The molecule has 0 N–H and O–H groups in total. The highest BCUT2D eigenvalue weighted by Gasteiger charge is 2.19. The first-order chi connectivity index (χ1) is 7.02. The number of allylic oxidation sites excluding steroid dienone is 2. The van der Waals surface area contributed by atoms with Crippen LogP contribution in [0.5, 0.6) is 0 Å². The van der Waals surface area contributed by atoms with Gasteiger partial charge < -0.3 is 0 Å². The van der Waals surface area contributed by atoms with Gasteiger partial charge in [0, 0.05) is 0 Å². The third-order valence-electron chi connectivity index (χ3n) is 3.45. The van der Waals surface area contributed by atoms with Crippen LogP contribution >= 0.6 is 9.24 Å². The molecule has 90 valence electrons. The Morgan fingerprint density at radius 3 is 2.13 bits per heavy atom. The molecular formula is C14H29P. The van der Waals surface area contributed by atoms with Crippen molar-refractivity contribution in [2.75, 3.05) is 0 Å². The topological polar surface area (TPSA) is 0 Å². The molecule has 0 aliphatic heterocycles. The van der Waals surface area contributed by atoms with E-state index in [2.05, 4.69) is 56.0 Å². The van der Waals surface area contributed by atoms with E-state index in [0.717, 1.165) is 23.4 Å². The Hall–Kier alpha value is 0.170. The van der Waals surface area contributed by atoms with E-state index in [1.807, 2.05) is 0 Å². The zero-order chi connectivity index (χ0) is 11.8. The molecule has 0 aromatic rings. The van der Waals surface area contributed by atoms with Gasteiger partial charge in [-0.15, -0.1) is 9.24 Å². The van der Waals surface area contributed by atoms with Crippen molar-refractivity contribution in [3.63, 3.8) is 0 Å². The van der Waals surface area contributed by atoms with Gasteiger partial charge in [0.2, 0.25) is 0 Å². The Kier molecular flexibility index (Phi) is 8.43. The minimum atomic E-state index is 0.731. The average molecular weight is 228 g/mol. The fourth-order valence-electron chi connectivity index (χ4n) is 2.48. The quantitative estimate of drug-likeness (QED) is 0.429. The summed E-state index contributed by atoms with van der Waals surface area (Å²) in [6.07, 6.45) is 8.56. The van der Waals surface area contributed by atoms with Gasteiger partial charge in [-0.1, -0.05) is 46.3 Å². The maximum Gasteiger partial charge on any atom is -0.0231 e. The molecule has 0 bridgehead atoms. The van der Waals surface area contributed by atoms with Gasteiger partial charge in [-0.3, -0.25) is 0 Å². The van der Waals surface area contributed by atoms with Crippen LogP contribution in [0.3, 0.4) is 0 Å². The van der Waals surface area contributed by atoms with E-state index in [9.17, 15) is 0 Å². The predicted octanol–water partition coefficient (Wildman–Crippen LogP) is 4.90. The minimum Gasteiger partial charge on any atom is -0.135 e. The van der Waals surface area contributed by atoms with E-state index in [1.54, 1.807) is 0 Å². The summed E-state index contributed by atoms with van der Waals surface area (Å²) in [6, 6.07) is 0. The van der Waals surface area contributed by atoms with Crippen LogP contribution in [0.4, 0.5) is 0 Å². The fourth-order valence-corrected chi connectivity index (χ4v) is 2.67. The van der Waals surface area contributed by atoms with E-state index in [-0.39, 0.29) is 0 Å². The van der Waals surface area contributed by atoms with Gasteiger partial charge in [0.05, 0.1) is 0 Å². The first-order valence-electron chi connectivity index (χ1n) is 6.41. The molecule has 0 fully saturated rings. The van der Waals surface area contributed by atoms with E-state index in [0.29, 0.717) is 0 Å². The van der Waals surface area contributed by atoms with Crippen molar-refractivity contribution in [1.29, 1.82) is 0 Å². The summed E-state index contributed by atoms with van der Waals surface area (Å²) < 4.78 is 0. The standard InChI is InChI=1S/C14H29P/c1-6-8-11(3)14(7-2)12(4)9-10-13(5)15/h6,8,11-14H,7,9-10,15H2,1-5H3. The molecule has 0 heterocycles. The molecule has 0 rings (SSSR count). The lowest BCUT2D eigenvalue weighted by atomic mass is 9.79. The van der Waals surface area contributed by atoms with E-state index in [4.69, 9.17) is 0 Å². The Morgan fingerprint density at radius 1 is 1.13 bits per heavy atom. The lowest BCUT2D eigenvalue weighted by Gasteiger charge is -2.27. The molecule has 5 unspecified atom stereocenters. The van der Waals surface area contributed by atoms with Crippen LogP contribution in [-0.4, -0.2) is 5.66 Å². The molecular weight excluding hydrogens is 199 g/mol. The number of hydrogen-bond acceptors (Lipinski definition) is 0. The second kappa shape index (κ2) is 8.34. The molecule has 0 radical (unpaired) electrons. The minimum absolute atomic E-state index is 0.731. The van der Waals surface area contributed by atoms with Gasteiger partial charge in [0.15, 0.2) is 0 Å². The molecule has 15 heavy (non-hydrogen) atoms. The van der Waals surface area contributed by atoms with Gasteiger partial charge in [-0.2, -0.15) is 0 Å². The molecule has 0 amide bonds. The Bertz CT molecular complexity index is 172. The van der Waals surface area contributed by atoms with Gasteiger partial charge in [-0.05, 0) is 43.2 Å². The predicted molar refractivity (Wildman–Crippen MR) is 75.3 cm³/mol. The summed E-state index contributed by atoms with van der Waals surface area (Å²) in [5.41, 5.74) is 0.766. The zero-order valence-corrected chi connectivity index (χ0v) is 12.3. The molecule has 1 heteroatoms. The first kappa shape index (κ1) is 15.2. The molecule has 0 spiro atoms. The lowest BCUT2D eigenvalue weighted by molar-refractivity contribution is 0.265. The summed E-state index contributed by atoms with van der Waals surface area (Å²) in [7, 11) is 2.90. The highest BCUT2D eigenvalue weighted by atomic mass is 31.0. The third-order valence-corrected chi connectivity index (χ3v) is 3.78. The average Bonchev–Trinajstić information content (AvgIpc) is 2.16. The third kappa shape index (κ3) is 6.36. The molecule has 0 saturated heterocycles. The van der Waals surface area contributed by atoms with E-state index in [1.165, 1.54) is 19.3 Å². The van der Waals surface area contributed by atoms with Crippen molar-refractivity contribution >= 4 is 9.24 Å². The highest BCUT2D eigenvalue weighted by Crippen LogP contribution is 2.29. The highest BCUT2D eigenvalue weighted by molar-refractivity contribution is 7.17. The first-order valence-corrected chi connectivity index (χ1v) is 7.07. The van der Waals surface area contributed by atoms with Crippen LogP contribution in [0.1, 0.15) is 53.9 Å². The van der Waals surface area contributed by atoms with Crippen molar-refractivity contribution in [3.05, 3.63) is 12.2 Å². The fraction of sp³-hybridized carbons (Fsp3) is 0.857. The van der Waals surface area contributed by atoms with Crippen LogP contribution in [0.25, 0.3) is 0 Å². The van der Waals surface area contributed by atoms with Crippen molar-refractivity contribution < 1.29 is 0 Å². The van der Waals surface area contributed by atoms with Crippen LogP contribution in [-0.2, 0) is 0 Å². The van der Waals surface area contributed by atoms with Crippen molar-refractivity contribution in [2.24, 2.45) is 17.8 Å². The summed E-state index contributed by atoms with van der Waals surface area (Å²) in [4.78, 5) is 0. The van der Waals surface area contributed by atoms with Crippen molar-refractivity contribution in [2.45, 2.75) is 59.5 Å². The molecule has 0 aromatic heterocycles. The molecule has 5 atom stereocenters.